The van der Waals surface area contributed by atoms with Crippen molar-refractivity contribution in [2.24, 2.45) is 5.92 Å². The standard InChI is InChI=1S/C13H14F4N4O2/c1-8(2)12(23,13(15,16)17)7-20-11(22)21(19-18-20)10-5-3-9(14)4-6-10/h3-6,8,23H,7H2,1-2H3. The van der Waals surface area contributed by atoms with Crippen LogP contribution in [-0.4, -0.2) is 36.7 Å². The highest BCUT2D eigenvalue weighted by atomic mass is 19.4. The Labute approximate surface area is 127 Å². The summed E-state index contributed by atoms with van der Waals surface area (Å²) in [7, 11) is 0. The van der Waals surface area contributed by atoms with Gasteiger partial charge in [0.2, 0.25) is 0 Å². The molecule has 0 aliphatic heterocycles. The highest BCUT2D eigenvalue weighted by Crippen LogP contribution is 2.37. The Balaban J connectivity index is 2.40. The molecule has 1 unspecified atom stereocenters. The lowest BCUT2D eigenvalue weighted by Crippen LogP contribution is -2.54. The highest BCUT2D eigenvalue weighted by molar-refractivity contribution is 5.29. The van der Waals surface area contributed by atoms with E-state index in [1.54, 1.807) is 0 Å². The molecule has 10 heteroatoms. The molecule has 0 spiro atoms. The summed E-state index contributed by atoms with van der Waals surface area (Å²) in [6, 6.07) is 4.60. The predicted octanol–water partition coefficient (Wildman–Crippen LogP) is 1.52. The van der Waals surface area contributed by atoms with E-state index < -0.39 is 35.7 Å². The van der Waals surface area contributed by atoms with Crippen molar-refractivity contribution in [2.45, 2.75) is 32.2 Å². The third kappa shape index (κ3) is 3.11. The van der Waals surface area contributed by atoms with Crippen LogP contribution in [0.3, 0.4) is 0 Å². The van der Waals surface area contributed by atoms with Crippen LogP contribution in [0.15, 0.2) is 29.1 Å². The average Bonchev–Trinajstić information content (AvgIpc) is 2.79. The number of alkyl halides is 3. The van der Waals surface area contributed by atoms with E-state index in [9.17, 15) is 27.5 Å². The lowest BCUT2D eigenvalue weighted by Gasteiger charge is -2.33. The van der Waals surface area contributed by atoms with Gasteiger partial charge in [-0.3, -0.25) is 0 Å². The maximum atomic E-state index is 13.1. The van der Waals surface area contributed by atoms with Crippen molar-refractivity contribution in [1.82, 2.24) is 19.8 Å². The Morgan fingerprint density at radius 3 is 2.22 bits per heavy atom. The Morgan fingerprint density at radius 2 is 1.74 bits per heavy atom. The van der Waals surface area contributed by atoms with Gasteiger partial charge in [-0.2, -0.15) is 22.5 Å². The fourth-order valence-electron chi connectivity index (χ4n) is 1.95. The molecule has 0 bridgehead atoms. The lowest BCUT2D eigenvalue weighted by atomic mass is 9.89. The van der Waals surface area contributed by atoms with Gasteiger partial charge in [-0.05, 0) is 40.6 Å². The number of rotatable bonds is 4. The monoisotopic (exact) mass is 334 g/mol. The molecule has 1 aromatic heterocycles. The van der Waals surface area contributed by atoms with E-state index in [-0.39, 0.29) is 5.69 Å². The Hall–Kier alpha value is -2.23. The van der Waals surface area contributed by atoms with Gasteiger partial charge in [-0.1, -0.05) is 13.8 Å². The first-order valence-electron chi connectivity index (χ1n) is 6.64. The zero-order valence-electron chi connectivity index (χ0n) is 12.3. The largest absolute Gasteiger partial charge is 0.419 e. The zero-order valence-corrected chi connectivity index (χ0v) is 12.3. The minimum absolute atomic E-state index is 0.141. The number of tetrazole rings is 1. The Morgan fingerprint density at radius 1 is 1.17 bits per heavy atom. The first-order chi connectivity index (χ1) is 10.6. The number of hydrogen-bond acceptors (Lipinski definition) is 4. The minimum atomic E-state index is -4.94. The molecule has 6 nitrogen and oxygen atoms in total. The van der Waals surface area contributed by atoms with Crippen LogP contribution in [0.5, 0.6) is 0 Å². The van der Waals surface area contributed by atoms with Gasteiger partial charge in [0, 0.05) is 0 Å². The average molecular weight is 334 g/mol. The number of benzene rings is 1. The van der Waals surface area contributed by atoms with Gasteiger partial charge in [-0.15, -0.1) is 0 Å². The van der Waals surface area contributed by atoms with Gasteiger partial charge in [0.1, 0.15) is 5.82 Å². The SMILES string of the molecule is CC(C)C(O)(Cn1nnn(-c2ccc(F)cc2)c1=O)C(F)(F)F. The summed E-state index contributed by atoms with van der Waals surface area (Å²) >= 11 is 0. The van der Waals surface area contributed by atoms with E-state index >= 15 is 0 Å². The van der Waals surface area contributed by atoms with Crippen molar-refractivity contribution < 1.29 is 22.7 Å². The summed E-state index contributed by atoms with van der Waals surface area (Å²) in [5, 5.41) is 16.7. The molecular weight excluding hydrogens is 320 g/mol. The summed E-state index contributed by atoms with van der Waals surface area (Å²) < 4.78 is 53.3. The van der Waals surface area contributed by atoms with Crippen molar-refractivity contribution in [1.29, 1.82) is 0 Å². The lowest BCUT2D eigenvalue weighted by molar-refractivity contribution is -0.281. The van der Waals surface area contributed by atoms with Gasteiger partial charge in [-0.25, -0.2) is 9.18 Å². The van der Waals surface area contributed by atoms with Crippen molar-refractivity contribution >= 4 is 0 Å². The van der Waals surface area contributed by atoms with E-state index in [1.807, 2.05) is 0 Å². The maximum Gasteiger partial charge on any atom is 0.419 e. The van der Waals surface area contributed by atoms with Crippen LogP contribution >= 0.6 is 0 Å². The van der Waals surface area contributed by atoms with Crippen LogP contribution < -0.4 is 5.69 Å². The molecule has 1 atom stereocenters. The van der Waals surface area contributed by atoms with Crippen LogP contribution in [0.4, 0.5) is 17.6 Å². The second-order valence-corrected chi connectivity index (χ2v) is 5.38. The molecule has 0 saturated heterocycles. The van der Waals surface area contributed by atoms with E-state index in [4.69, 9.17) is 0 Å². The Kier molecular flexibility index (Phi) is 4.29. The Bertz CT molecular complexity index is 736. The van der Waals surface area contributed by atoms with Crippen molar-refractivity contribution in [3.05, 3.63) is 40.6 Å². The van der Waals surface area contributed by atoms with Gasteiger partial charge in [0.25, 0.3) is 0 Å². The number of aromatic nitrogens is 4. The summed E-state index contributed by atoms with van der Waals surface area (Å²) in [5.74, 6) is -1.74. The van der Waals surface area contributed by atoms with Crippen molar-refractivity contribution in [3.63, 3.8) is 0 Å². The van der Waals surface area contributed by atoms with E-state index in [0.29, 0.717) is 4.68 Å². The molecule has 0 amide bonds. The third-order valence-corrected chi connectivity index (χ3v) is 3.55. The van der Waals surface area contributed by atoms with Gasteiger partial charge in [0.05, 0.1) is 12.2 Å². The molecule has 0 fully saturated rings. The fourth-order valence-corrected chi connectivity index (χ4v) is 1.95. The van der Waals surface area contributed by atoms with Crippen LogP contribution in [0.25, 0.3) is 5.69 Å². The summed E-state index contributed by atoms with van der Waals surface area (Å²) in [6.07, 6.45) is -4.94. The van der Waals surface area contributed by atoms with Gasteiger partial charge in [0.15, 0.2) is 5.60 Å². The van der Waals surface area contributed by atoms with Crippen LogP contribution in [0.1, 0.15) is 13.8 Å². The maximum absolute atomic E-state index is 13.1. The molecule has 1 N–H and O–H groups in total. The van der Waals surface area contributed by atoms with Gasteiger partial charge < -0.3 is 5.11 Å². The van der Waals surface area contributed by atoms with Crippen molar-refractivity contribution in [2.75, 3.05) is 0 Å². The summed E-state index contributed by atoms with van der Waals surface area (Å²) in [4.78, 5) is 12.1. The second kappa shape index (κ2) is 5.76. The molecule has 0 aliphatic carbocycles. The van der Waals surface area contributed by atoms with E-state index in [2.05, 4.69) is 10.4 Å². The van der Waals surface area contributed by atoms with E-state index in [0.717, 1.165) is 16.8 Å². The number of hydrogen-bond donors (Lipinski definition) is 1. The number of halogens is 4. The van der Waals surface area contributed by atoms with Crippen LogP contribution in [0.2, 0.25) is 0 Å². The molecule has 2 rings (SSSR count). The summed E-state index contributed by atoms with van der Waals surface area (Å²) in [6.45, 7) is 1.28. The van der Waals surface area contributed by atoms with Crippen molar-refractivity contribution in [3.8, 4) is 5.69 Å². The molecule has 2 aromatic rings. The predicted molar refractivity (Wildman–Crippen MR) is 71.4 cm³/mol. The fraction of sp³-hybridized carbons (Fsp3) is 0.462. The summed E-state index contributed by atoms with van der Waals surface area (Å²) in [5.41, 5.74) is -3.96. The molecular formula is C13H14F4N4O2. The molecule has 23 heavy (non-hydrogen) atoms. The van der Waals surface area contributed by atoms with E-state index in [1.165, 1.54) is 26.0 Å². The van der Waals surface area contributed by atoms with Crippen LogP contribution in [0, 0.1) is 11.7 Å². The molecule has 0 aliphatic rings. The third-order valence-electron chi connectivity index (χ3n) is 3.55. The smallest absolute Gasteiger partial charge is 0.379 e. The first kappa shape index (κ1) is 17.1. The van der Waals surface area contributed by atoms with Gasteiger partial charge >= 0.3 is 11.9 Å². The van der Waals surface area contributed by atoms with Crippen LogP contribution in [-0.2, 0) is 6.54 Å². The molecule has 1 heterocycles. The second-order valence-electron chi connectivity index (χ2n) is 5.38. The normalized spacial score (nSPS) is 15.0. The first-order valence-corrected chi connectivity index (χ1v) is 6.64. The zero-order chi connectivity index (χ0) is 17.4. The minimum Gasteiger partial charge on any atom is -0.379 e. The number of aliphatic hydroxyl groups is 1. The highest BCUT2D eigenvalue weighted by Gasteiger charge is 2.56. The molecule has 126 valence electrons. The number of nitrogens with zero attached hydrogens (tertiary/aromatic N) is 4. The molecule has 1 aromatic carbocycles. The topological polar surface area (TPSA) is 72.9 Å². The molecule has 0 saturated carbocycles. The quantitative estimate of drug-likeness (QED) is 0.861. The molecule has 0 radical (unpaired) electrons.